The van der Waals surface area contributed by atoms with E-state index in [-0.39, 0.29) is 11.2 Å². The highest BCUT2D eigenvalue weighted by Gasteiger charge is 2.03. The molecule has 1 heterocycles. The smallest absolute Gasteiger partial charge is 0.229 e. The first-order chi connectivity index (χ1) is 5.63. The van der Waals surface area contributed by atoms with E-state index in [1.54, 1.807) is 13.8 Å². The Hall–Kier alpha value is -1.58. The van der Waals surface area contributed by atoms with Crippen molar-refractivity contribution < 1.29 is 14.3 Å². The predicted molar refractivity (Wildman–Crippen MR) is 43.2 cm³/mol. The van der Waals surface area contributed by atoms with Crippen LogP contribution >= 0.6 is 0 Å². The van der Waals surface area contributed by atoms with E-state index in [9.17, 15) is 4.79 Å². The largest absolute Gasteiger partial charge is 0.502 e. The summed E-state index contributed by atoms with van der Waals surface area (Å²) < 4.78 is 4.82. The molecule has 0 saturated heterocycles. The molecule has 0 saturated carbocycles. The van der Waals surface area contributed by atoms with Gasteiger partial charge >= 0.3 is 0 Å². The summed E-state index contributed by atoms with van der Waals surface area (Å²) in [7, 11) is 0. The van der Waals surface area contributed by atoms with Crippen molar-refractivity contribution in [2.24, 2.45) is 0 Å². The van der Waals surface area contributed by atoms with E-state index < -0.39 is 0 Å². The van der Waals surface area contributed by atoms with Gasteiger partial charge in [-0.05, 0) is 13.8 Å². The monoisotopic (exact) mass is 170 g/mol. The third kappa shape index (κ3) is 1.95. The Morgan fingerprint density at radius 1 is 1.42 bits per heavy atom. The van der Waals surface area contributed by atoms with Crippen LogP contribution in [0.4, 0.5) is 0 Å². The number of carbonyl (C=O) groups is 1. The molecule has 4 heteroatoms. The molecule has 0 atom stereocenters. The Morgan fingerprint density at radius 2 is 1.92 bits per heavy atom. The molecule has 0 spiro atoms. The predicted octanol–water partition coefficient (Wildman–Crippen LogP) is 0.777. The fourth-order valence-corrected chi connectivity index (χ4v) is 0.638. The highest BCUT2D eigenvalue weighted by Crippen LogP contribution is 2.06. The van der Waals surface area contributed by atoms with Crippen molar-refractivity contribution in [1.82, 2.24) is 0 Å². The summed E-state index contributed by atoms with van der Waals surface area (Å²) in [5.41, 5.74) is 0.101. The molecule has 1 aromatic heterocycles. The molecule has 0 radical (unpaired) electrons. The lowest BCUT2D eigenvalue weighted by atomic mass is 10.2. The maximum absolute atomic E-state index is 10.9. The van der Waals surface area contributed by atoms with Gasteiger partial charge in [0.2, 0.25) is 5.43 Å². The molecule has 0 amide bonds. The van der Waals surface area contributed by atoms with Crippen LogP contribution in [0.15, 0.2) is 15.5 Å². The highest BCUT2D eigenvalue weighted by atomic mass is 16.3. The van der Waals surface area contributed by atoms with Gasteiger partial charge in [-0.1, -0.05) is 0 Å². The zero-order valence-corrected chi connectivity index (χ0v) is 6.96. The standard InChI is InChI=1S/C7H8O3.CH2O/c1-4-5(2)10-3-6(8)7(4)9;1-2/h3,8H,1-2H3;1H2. The minimum atomic E-state index is -0.358. The van der Waals surface area contributed by atoms with Crippen LogP contribution in [0.1, 0.15) is 11.3 Å². The Kier molecular flexibility index (Phi) is 3.76. The second-order valence-electron chi connectivity index (χ2n) is 2.13. The molecule has 12 heavy (non-hydrogen) atoms. The van der Waals surface area contributed by atoms with E-state index in [1.165, 1.54) is 0 Å². The molecular formula is C8H10O4. The van der Waals surface area contributed by atoms with Crippen molar-refractivity contribution in [3.05, 3.63) is 27.8 Å². The molecule has 0 aliphatic heterocycles. The molecule has 0 fully saturated rings. The number of carbonyl (C=O) groups excluding carboxylic acids is 1. The summed E-state index contributed by atoms with van der Waals surface area (Å²) >= 11 is 0. The van der Waals surface area contributed by atoms with Crippen LogP contribution in [0.2, 0.25) is 0 Å². The normalized spacial score (nSPS) is 8.50. The van der Waals surface area contributed by atoms with E-state index in [0.29, 0.717) is 11.3 Å². The molecule has 0 aliphatic carbocycles. The van der Waals surface area contributed by atoms with E-state index in [2.05, 4.69) is 0 Å². The minimum Gasteiger partial charge on any atom is -0.502 e. The molecule has 66 valence electrons. The molecule has 1 rings (SSSR count). The van der Waals surface area contributed by atoms with Crippen molar-refractivity contribution in [3.8, 4) is 5.75 Å². The first-order valence-electron chi connectivity index (χ1n) is 3.19. The third-order valence-corrected chi connectivity index (χ3v) is 1.45. The van der Waals surface area contributed by atoms with E-state index in [1.807, 2.05) is 6.79 Å². The van der Waals surface area contributed by atoms with Gasteiger partial charge in [-0.3, -0.25) is 4.79 Å². The van der Waals surface area contributed by atoms with Gasteiger partial charge in [0.15, 0.2) is 5.75 Å². The molecule has 0 bridgehead atoms. The summed E-state index contributed by atoms with van der Waals surface area (Å²) in [6.45, 7) is 5.29. The summed E-state index contributed by atoms with van der Waals surface area (Å²) in [5.74, 6) is 0.214. The molecule has 0 aromatic carbocycles. The summed E-state index contributed by atoms with van der Waals surface area (Å²) in [6, 6.07) is 0. The second kappa shape index (κ2) is 4.33. The molecule has 0 aliphatic rings. The summed E-state index contributed by atoms with van der Waals surface area (Å²) in [4.78, 5) is 18.9. The number of aromatic hydroxyl groups is 1. The summed E-state index contributed by atoms with van der Waals surface area (Å²) in [6.07, 6.45) is 1.05. The molecular weight excluding hydrogens is 160 g/mol. The maximum Gasteiger partial charge on any atom is 0.229 e. The van der Waals surface area contributed by atoms with Gasteiger partial charge < -0.3 is 14.3 Å². The van der Waals surface area contributed by atoms with Crippen molar-refractivity contribution in [3.63, 3.8) is 0 Å². The van der Waals surface area contributed by atoms with Crippen molar-refractivity contribution in [2.45, 2.75) is 13.8 Å². The fraction of sp³-hybridized carbons (Fsp3) is 0.250. The topological polar surface area (TPSA) is 67.5 Å². The SMILES string of the molecule is C=O.Cc1occ(O)c(=O)c1C. The van der Waals surface area contributed by atoms with Crippen LogP contribution in [0.25, 0.3) is 0 Å². The number of aryl methyl sites for hydroxylation is 1. The Labute approximate surface area is 69.5 Å². The van der Waals surface area contributed by atoms with Gasteiger partial charge in [-0.15, -0.1) is 0 Å². The first kappa shape index (κ1) is 10.4. The zero-order valence-electron chi connectivity index (χ0n) is 6.96. The molecule has 0 unspecified atom stereocenters. The Balaban J connectivity index is 0.000000561. The summed E-state index contributed by atoms with van der Waals surface area (Å²) in [5, 5.41) is 8.82. The van der Waals surface area contributed by atoms with Crippen LogP contribution in [0, 0.1) is 13.8 Å². The van der Waals surface area contributed by atoms with E-state index >= 15 is 0 Å². The van der Waals surface area contributed by atoms with Crippen LogP contribution in [-0.4, -0.2) is 11.9 Å². The number of hydrogen-bond donors (Lipinski definition) is 1. The number of rotatable bonds is 0. The second-order valence-corrected chi connectivity index (χ2v) is 2.13. The van der Waals surface area contributed by atoms with Crippen molar-refractivity contribution in [1.29, 1.82) is 0 Å². The van der Waals surface area contributed by atoms with Crippen LogP contribution < -0.4 is 5.43 Å². The lowest BCUT2D eigenvalue weighted by Gasteiger charge is -1.95. The molecule has 1 aromatic rings. The average Bonchev–Trinajstić information content (AvgIpc) is 2.12. The van der Waals surface area contributed by atoms with Crippen LogP contribution in [0.5, 0.6) is 5.75 Å². The van der Waals surface area contributed by atoms with Gasteiger partial charge in [0.1, 0.15) is 18.8 Å². The lowest BCUT2D eigenvalue weighted by molar-refractivity contribution is -0.0979. The van der Waals surface area contributed by atoms with Crippen molar-refractivity contribution in [2.75, 3.05) is 0 Å². The zero-order chi connectivity index (χ0) is 9.72. The van der Waals surface area contributed by atoms with E-state index in [0.717, 1.165) is 6.26 Å². The Bertz CT molecular complexity index is 313. The first-order valence-corrected chi connectivity index (χ1v) is 3.19. The highest BCUT2D eigenvalue weighted by molar-refractivity contribution is 5.23. The third-order valence-electron chi connectivity index (χ3n) is 1.45. The lowest BCUT2D eigenvalue weighted by Crippen LogP contribution is -2.04. The molecule has 1 N–H and O–H groups in total. The Morgan fingerprint density at radius 3 is 2.33 bits per heavy atom. The van der Waals surface area contributed by atoms with Gasteiger partial charge in [0.25, 0.3) is 0 Å². The minimum absolute atomic E-state index is 0.330. The van der Waals surface area contributed by atoms with E-state index in [4.69, 9.17) is 14.3 Å². The van der Waals surface area contributed by atoms with Gasteiger partial charge in [-0.2, -0.15) is 0 Å². The maximum atomic E-state index is 10.9. The van der Waals surface area contributed by atoms with Gasteiger partial charge in [-0.25, -0.2) is 0 Å². The molecule has 4 nitrogen and oxygen atoms in total. The number of hydrogen-bond acceptors (Lipinski definition) is 4. The quantitative estimate of drug-likeness (QED) is 0.624. The van der Waals surface area contributed by atoms with Crippen molar-refractivity contribution >= 4 is 6.79 Å². The fourth-order valence-electron chi connectivity index (χ4n) is 0.638. The average molecular weight is 170 g/mol. The van der Waals surface area contributed by atoms with Crippen LogP contribution in [-0.2, 0) is 4.79 Å². The van der Waals surface area contributed by atoms with Crippen LogP contribution in [0.3, 0.4) is 0 Å². The van der Waals surface area contributed by atoms with Gasteiger partial charge in [0, 0.05) is 5.56 Å². The van der Waals surface area contributed by atoms with Gasteiger partial charge in [0.05, 0.1) is 0 Å².